The lowest BCUT2D eigenvalue weighted by atomic mass is 10.3. The Kier molecular flexibility index (Phi) is 3.04. The summed E-state index contributed by atoms with van der Waals surface area (Å²) in [6, 6.07) is 0. The number of hydrogen-bond acceptors (Lipinski definition) is 6. The van der Waals surface area contributed by atoms with Crippen molar-refractivity contribution in [3.63, 3.8) is 0 Å². The van der Waals surface area contributed by atoms with E-state index in [1.165, 1.54) is 6.33 Å². The van der Waals surface area contributed by atoms with Crippen LogP contribution in [0.1, 0.15) is 0 Å². The van der Waals surface area contributed by atoms with Gasteiger partial charge in [-0.25, -0.2) is 15.0 Å². The normalized spacial score (nSPS) is 17.2. The average Bonchev–Trinajstić information content (AvgIpc) is 2.38. The van der Waals surface area contributed by atoms with Crippen molar-refractivity contribution in [1.29, 1.82) is 0 Å². The van der Waals surface area contributed by atoms with E-state index in [9.17, 15) is 4.21 Å². The molecule has 1 fully saturated rings. The molecule has 2 aromatic heterocycles. The van der Waals surface area contributed by atoms with Gasteiger partial charge in [-0.2, -0.15) is 0 Å². The summed E-state index contributed by atoms with van der Waals surface area (Å²) in [5.74, 6) is 2.09. The zero-order valence-electron chi connectivity index (χ0n) is 9.50. The van der Waals surface area contributed by atoms with Gasteiger partial charge in [0.2, 0.25) is 0 Å². The third kappa shape index (κ3) is 2.13. The molecule has 0 atom stereocenters. The summed E-state index contributed by atoms with van der Waals surface area (Å²) < 4.78 is 11.8. The van der Waals surface area contributed by atoms with E-state index in [0.717, 1.165) is 29.9 Å². The SMILES string of the molecule is O=S1CCN(c2nc(=S)[nH]c3cncnc23)CC1. The molecule has 1 aliphatic heterocycles. The fraction of sp³-hybridized carbons (Fsp3) is 0.400. The second-order valence-electron chi connectivity index (χ2n) is 3.99. The number of aromatic nitrogens is 4. The van der Waals surface area contributed by atoms with Gasteiger partial charge in [-0.3, -0.25) is 4.21 Å². The first kappa shape index (κ1) is 11.7. The third-order valence-corrected chi connectivity index (χ3v) is 4.32. The first-order valence-corrected chi connectivity index (χ1v) is 7.43. The molecule has 1 saturated heterocycles. The Bertz CT molecular complexity index is 661. The van der Waals surface area contributed by atoms with Gasteiger partial charge in [-0.1, -0.05) is 0 Å². The highest BCUT2D eigenvalue weighted by Gasteiger charge is 2.19. The van der Waals surface area contributed by atoms with Crippen LogP contribution >= 0.6 is 12.2 Å². The average molecular weight is 281 g/mol. The maximum atomic E-state index is 11.4. The summed E-state index contributed by atoms with van der Waals surface area (Å²) >= 11 is 5.11. The molecule has 0 aliphatic carbocycles. The van der Waals surface area contributed by atoms with E-state index >= 15 is 0 Å². The molecular weight excluding hydrogens is 270 g/mol. The zero-order valence-corrected chi connectivity index (χ0v) is 11.1. The number of aromatic amines is 1. The highest BCUT2D eigenvalue weighted by Crippen LogP contribution is 2.21. The molecule has 3 heterocycles. The molecule has 0 radical (unpaired) electrons. The first-order valence-electron chi connectivity index (χ1n) is 5.54. The van der Waals surface area contributed by atoms with Crippen LogP contribution in [-0.2, 0) is 10.8 Å². The number of fused-ring (bicyclic) bond motifs is 1. The molecule has 1 aliphatic rings. The predicted octanol–water partition coefficient (Wildman–Crippen LogP) is 0.651. The Morgan fingerprint density at radius 1 is 1.39 bits per heavy atom. The van der Waals surface area contributed by atoms with Crippen molar-refractivity contribution >= 4 is 39.9 Å². The van der Waals surface area contributed by atoms with Crippen LogP contribution < -0.4 is 4.90 Å². The highest BCUT2D eigenvalue weighted by atomic mass is 32.2. The predicted molar refractivity (Wildman–Crippen MR) is 72.6 cm³/mol. The fourth-order valence-corrected chi connectivity index (χ4v) is 3.21. The second-order valence-corrected chi connectivity index (χ2v) is 6.07. The first-order chi connectivity index (χ1) is 8.74. The second kappa shape index (κ2) is 4.69. The van der Waals surface area contributed by atoms with Crippen LogP contribution in [0.15, 0.2) is 12.5 Å². The molecule has 3 rings (SSSR count). The molecule has 0 unspecified atom stereocenters. The van der Waals surface area contributed by atoms with Gasteiger partial charge in [-0.05, 0) is 12.2 Å². The zero-order chi connectivity index (χ0) is 12.5. The minimum absolute atomic E-state index is 0.416. The van der Waals surface area contributed by atoms with Gasteiger partial charge in [0.1, 0.15) is 11.8 Å². The summed E-state index contributed by atoms with van der Waals surface area (Å²) in [7, 11) is -0.710. The van der Waals surface area contributed by atoms with E-state index < -0.39 is 10.8 Å². The quantitative estimate of drug-likeness (QED) is 0.774. The molecule has 2 aromatic rings. The molecule has 18 heavy (non-hydrogen) atoms. The number of nitrogens with zero attached hydrogens (tertiary/aromatic N) is 4. The summed E-state index contributed by atoms with van der Waals surface area (Å²) in [5, 5.41) is 0. The summed E-state index contributed by atoms with van der Waals surface area (Å²) in [4.78, 5) is 17.6. The molecule has 6 nitrogen and oxygen atoms in total. The van der Waals surface area contributed by atoms with E-state index in [2.05, 4.69) is 24.8 Å². The van der Waals surface area contributed by atoms with Crippen molar-refractivity contribution < 1.29 is 4.21 Å². The number of anilines is 1. The molecule has 8 heteroatoms. The van der Waals surface area contributed by atoms with E-state index in [4.69, 9.17) is 12.2 Å². The fourth-order valence-electron chi connectivity index (χ4n) is 1.96. The van der Waals surface area contributed by atoms with Crippen molar-refractivity contribution in [3.8, 4) is 0 Å². The molecule has 94 valence electrons. The largest absolute Gasteiger partial charge is 0.353 e. The van der Waals surface area contributed by atoms with Crippen LogP contribution in [0.2, 0.25) is 0 Å². The van der Waals surface area contributed by atoms with Gasteiger partial charge in [0.25, 0.3) is 0 Å². The molecule has 0 aromatic carbocycles. The lowest BCUT2D eigenvalue weighted by Gasteiger charge is -2.27. The Morgan fingerprint density at radius 2 is 2.17 bits per heavy atom. The maximum absolute atomic E-state index is 11.4. The van der Waals surface area contributed by atoms with Crippen LogP contribution in [-0.4, -0.2) is 48.7 Å². The van der Waals surface area contributed by atoms with E-state index in [1.54, 1.807) is 6.20 Å². The van der Waals surface area contributed by atoms with Crippen molar-refractivity contribution in [2.45, 2.75) is 0 Å². The van der Waals surface area contributed by atoms with Crippen LogP contribution in [0, 0.1) is 4.77 Å². The van der Waals surface area contributed by atoms with Gasteiger partial charge < -0.3 is 9.88 Å². The number of nitrogens with one attached hydrogen (secondary N) is 1. The van der Waals surface area contributed by atoms with E-state index in [1.807, 2.05) is 0 Å². The van der Waals surface area contributed by atoms with Crippen LogP contribution in [0.25, 0.3) is 11.0 Å². The Hall–Kier alpha value is -1.41. The standard InChI is InChI=1S/C10H11N5OS2/c16-18-3-1-15(2-4-18)9-8-7(5-11-6-12-8)13-10(17)14-9/h5-6H,1-4H2,(H,13,14,17). The van der Waals surface area contributed by atoms with Gasteiger partial charge in [0, 0.05) is 35.4 Å². The number of hydrogen-bond donors (Lipinski definition) is 1. The van der Waals surface area contributed by atoms with Crippen molar-refractivity contribution in [2.75, 3.05) is 29.5 Å². The third-order valence-electron chi connectivity index (χ3n) is 2.85. The maximum Gasteiger partial charge on any atom is 0.199 e. The summed E-state index contributed by atoms with van der Waals surface area (Å²) in [6.45, 7) is 1.44. The minimum atomic E-state index is -0.710. The summed E-state index contributed by atoms with van der Waals surface area (Å²) in [5.41, 5.74) is 1.53. The lowest BCUT2D eigenvalue weighted by molar-refractivity contribution is 0.672. The highest BCUT2D eigenvalue weighted by molar-refractivity contribution is 7.85. The lowest BCUT2D eigenvalue weighted by Crippen LogP contribution is -2.38. The Balaban J connectivity index is 2.10. The van der Waals surface area contributed by atoms with Gasteiger partial charge in [0.05, 0.1) is 11.7 Å². The number of H-pyrrole nitrogens is 1. The summed E-state index contributed by atoms with van der Waals surface area (Å²) in [6.07, 6.45) is 3.18. The molecular formula is C10H11N5OS2. The van der Waals surface area contributed by atoms with Crippen LogP contribution in [0.4, 0.5) is 5.82 Å². The minimum Gasteiger partial charge on any atom is -0.353 e. The molecule has 0 saturated carbocycles. The smallest absolute Gasteiger partial charge is 0.199 e. The van der Waals surface area contributed by atoms with Gasteiger partial charge in [-0.15, -0.1) is 0 Å². The topological polar surface area (TPSA) is 74.8 Å². The van der Waals surface area contributed by atoms with Crippen molar-refractivity contribution in [2.24, 2.45) is 0 Å². The molecule has 1 N–H and O–H groups in total. The Labute approximate surface area is 111 Å². The van der Waals surface area contributed by atoms with Crippen LogP contribution in [0.5, 0.6) is 0 Å². The monoisotopic (exact) mass is 281 g/mol. The van der Waals surface area contributed by atoms with E-state index in [0.29, 0.717) is 16.3 Å². The Morgan fingerprint density at radius 3 is 2.94 bits per heavy atom. The molecule has 0 bridgehead atoms. The number of rotatable bonds is 1. The van der Waals surface area contributed by atoms with E-state index in [-0.39, 0.29) is 0 Å². The van der Waals surface area contributed by atoms with Crippen molar-refractivity contribution in [3.05, 3.63) is 17.3 Å². The van der Waals surface area contributed by atoms with Gasteiger partial charge >= 0.3 is 0 Å². The molecule has 0 spiro atoms. The van der Waals surface area contributed by atoms with Crippen molar-refractivity contribution in [1.82, 2.24) is 19.9 Å². The van der Waals surface area contributed by atoms with Gasteiger partial charge in [0.15, 0.2) is 10.6 Å². The van der Waals surface area contributed by atoms with Crippen LogP contribution in [0.3, 0.4) is 0 Å². The molecule has 0 amide bonds.